The quantitative estimate of drug-likeness (QED) is 0.471. The summed E-state index contributed by atoms with van der Waals surface area (Å²) >= 11 is 0. The first-order chi connectivity index (χ1) is 15.7. The van der Waals surface area contributed by atoms with Crippen molar-refractivity contribution in [2.75, 3.05) is 11.9 Å². The number of ether oxygens (including phenoxy) is 1. The monoisotopic (exact) mass is 464 g/mol. The molecule has 0 fully saturated rings. The number of aliphatic hydroxyl groups is 1. The van der Waals surface area contributed by atoms with Gasteiger partial charge in [-0.15, -0.1) is 0 Å². The summed E-state index contributed by atoms with van der Waals surface area (Å²) in [7, 11) is 0. The third-order valence-electron chi connectivity index (χ3n) is 4.81. The Kier molecular flexibility index (Phi) is 8.01. The number of hydrogen-bond acceptors (Lipinski definition) is 5. The molecule has 1 aliphatic heterocycles. The fourth-order valence-corrected chi connectivity index (χ4v) is 3.14. The normalized spacial score (nSPS) is 20.2. The summed E-state index contributed by atoms with van der Waals surface area (Å²) in [5.41, 5.74) is 0.0549. The van der Waals surface area contributed by atoms with Gasteiger partial charge in [0.05, 0.1) is 43.0 Å². The van der Waals surface area contributed by atoms with E-state index in [0.717, 1.165) is 24.3 Å². The first-order valence-corrected chi connectivity index (χ1v) is 10.1. The molecule has 0 unspecified atom stereocenters. The van der Waals surface area contributed by atoms with E-state index in [9.17, 15) is 27.9 Å². The van der Waals surface area contributed by atoms with Crippen molar-refractivity contribution in [2.45, 2.75) is 37.4 Å². The van der Waals surface area contributed by atoms with E-state index in [-0.39, 0.29) is 24.6 Å². The number of alkyl halides is 3. The van der Waals surface area contributed by atoms with Crippen molar-refractivity contribution in [1.29, 1.82) is 0 Å². The predicted octanol–water partition coefficient (Wildman–Crippen LogP) is 2.61. The smallest absolute Gasteiger partial charge is 0.394 e. The summed E-state index contributed by atoms with van der Waals surface area (Å²) in [6.45, 7) is -0.143. The molecule has 11 heteroatoms. The highest BCUT2D eigenvalue weighted by Crippen LogP contribution is 2.29. The molecule has 0 saturated carbocycles. The van der Waals surface area contributed by atoms with Crippen molar-refractivity contribution in [1.82, 2.24) is 15.6 Å². The van der Waals surface area contributed by atoms with Crippen molar-refractivity contribution in [3.05, 3.63) is 72.1 Å². The summed E-state index contributed by atoms with van der Waals surface area (Å²) in [6.07, 6.45) is -1.01. The third-order valence-corrected chi connectivity index (χ3v) is 4.81. The number of amides is 3. The van der Waals surface area contributed by atoms with Crippen LogP contribution in [-0.2, 0) is 22.3 Å². The lowest BCUT2D eigenvalue weighted by molar-refractivity contribution is -0.137. The summed E-state index contributed by atoms with van der Waals surface area (Å²) in [5.74, 6) is -0.265. The summed E-state index contributed by atoms with van der Waals surface area (Å²) in [5, 5.41) is 17.4. The van der Waals surface area contributed by atoms with Crippen LogP contribution >= 0.6 is 0 Å². The van der Waals surface area contributed by atoms with Crippen molar-refractivity contribution >= 4 is 17.6 Å². The fraction of sp³-hybridized carbons (Fsp3) is 0.318. The largest absolute Gasteiger partial charge is 0.416 e. The number of pyridine rings is 1. The number of nitrogens with one attached hydrogen (secondary N) is 3. The summed E-state index contributed by atoms with van der Waals surface area (Å²) < 4.78 is 43.6. The van der Waals surface area contributed by atoms with E-state index in [1.54, 1.807) is 30.5 Å². The van der Waals surface area contributed by atoms with Crippen molar-refractivity contribution < 1.29 is 32.6 Å². The van der Waals surface area contributed by atoms with Crippen molar-refractivity contribution in [3.8, 4) is 0 Å². The van der Waals surface area contributed by atoms with Crippen LogP contribution in [0.4, 0.5) is 23.7 Å². The van der Waals surface area contributed by atoms with Gasteiger partial charge in [-0.2, -0.15) is 13.2 Å². The zero-order chi connectivity index (χ0) is 23.8. The van der Waals surface area contributed by atoms with E-state index in [1.807, 2.05) is 6.07 Å². The molecular weight excluding hydrogens is 441 g/mol. The molecule has 3 amide bonds. The Bertz CT molecular complexity index is 968. The molecular formula is C22H23F3N4O4. The van der Waals surface area contributed by atoms with Crippen LogP contribution in [0.3, 0.4) is 0 Å². The maximum Gasteiger partial charge on any atom is 0.416 e. The molecule has 0 radical (unpaired) electrons. The van der Waals surface area contributed by atoms with Gasteiger partial charge in [0.25, 0.3) is 0 Å². The van der Waals surface area contributed by atoms with Crippen LogP contribution in [0.15, 0.2) is 60.8 Å². The number of aromatic nitrogens is 1. The Morgan fingerprint density at radius 2 is 1.85 bits per heavy atom. The van der Waals surface area contributed by atoms with Crippen LogP contribution in [-0.4, -0.2) is 46.9 Å². The molecule has 2 heterocycles. The van der Waals surface area contributed by atoms with Crippen LogP contribution in [0.25, 0.3) is 0 Å². The highest BCUT2D eigenvalue weighted by atomic mass is 19.4. The van der Waals surface area contributed by atoms with Gasteiger partial charge in [-0.05, 0) is 36.4 Å². The molecule has 0 spiro atoms. The van der Waals surface area contributed by atoms with Crippen LogP contribution < -0.4 is 16.0 Å². The van der Waals surface area contributed by atoms with Gasteiger partial charge in [-0.1, -0.05) is 18.2 Å². The van der Waals surface area contributed by atoms with Gasteiger partial charge in [0, 0.05) is 11.9 Å². The molecule has 0 aliphatic carbocycles. The number of hydrogen-bond donors (Lipinski definition) is 4. The second-order valence-electron chi connectivity index (χ2n) is 7.28. The molecule has 0 saturated heterocycles. The van der Waals surface area contributed by atoms with E-state index >= 15 is 0 Å². The molecule has 176 valence electrons. The SMILES string of the molecule is O=C(C[C@@H]1C=C[C@H](NC(=O)Nc2ccc(C(F)(F)F)cc2)[C@@H](CO)O1)NCc1ccccn1. The molecule has 3 atom stereocenters. The second kappa shape index (κ2) is 10.9. The van der Waals surface area contributed by atoms with Gasteiger partial charge >= 0.3 is 12.2 Å². The van der Waals surface area contributed by atoms with E-state index < -0.39 is 42.6 Å². The van der Waals surface area contributed by atoms with Gasteiger partial charge in [-0.3, -0.25) is 9.78 Å². The Labute approximate surface area is 187 Å². The molecule has 3 rings (SSSR count). The Morgan fingerprint density at radius 1 is 1.09 bits per heavy atom. The number of urea groups is 1. The highest BCUT2D eigenvalue weighted by Gasteiger charge is 2.31. The van der Waals surface area contributed by atoms with Crippen LogP contribution in [0, 0.1) is 0 Å². The molecule has 4 N–H and O–H groups in total. The van der Waals surface area contributed by atoms with Crippen LogP contribution in [0.2, 0.25) is 0 Å². The summed E-state index contributed by atoms with van der Waals surface area (Å²) in [6, 6.07) is 7.99. The van der Waals surface area contributed by atoms with E-state index in [4.69, 9.17) is 4.74 Å². The van der Waals surface area contributed by atoms with E-state index in [0.29, 0.717) is 5.69 Å². The Hall–Kier alpha value is -3.44. The number of carbonyl (C=O) groups is 2. The number of rotatable bonds is 7. The summed E-state index contributed by atoms with van der Waals surface area (Å²) in [4.78, 5) is 28.5. The van der Waals surface area contributed by atoms with Crippen molar-refractivity contribution in [3.63, 3.8) is 0 Å². The van der Waals surface area contributed by atoms with Gasteiger partial charge in [-0.25, -0.2) is 4.79 Å². The topological polar surface area (TPSA) is 113 Å². The van der Waals surface area contributed by atoms with Crippen LogP contribution in [0.5, 0.6) is 0 Å². The average Bonchev–Trinajstić information content (AvgIpc) is 2.79. The number of benzene rings is 1. The Morgan fingerprint density at radius 3 is 2.48 bits per heavy atom. The van der Waals surface area contributed by atoms with E-state index in [2.05, 4.69) is 20.9 Å². The fourth-order valence-electron chi connectivity index (χ4n) is 3.14. The lowest BCUT2D eigenvalue weighted by atomic mass is 10.0. The van der Waals surface area contributed by atoms with Crippen molar-refractivity contribution in [2.24, 2.45) is 0 Å². The standard InChI is InChI=1S/C22H23F3N4O4/c23-22(24,25)14-4-6-15(7-5-14)28-21(32)29-18-9-8-17(33-19(18)13-30)11-20(31)27-12-16-3-1-2-10-26-16/h1-10,17-19,30H,11-13H2,(H,27,31)(H2,28,29,32)/t17-,18-,19+/m0/s1. The zero-order valence-electron chi connectivity index (χ0n) is 17.4. The minimum absolute atomic E-state index is 0.0182. The lowest BCUT2D eigenvalue weighted by Crippen LogP contribution is -2.50. The van der Waals surface area contributed by atoms with Gasteiger partial charge in [0.1, 0.15) is 6.10 Å². The maximum atomic E-state index is 12.6. The number of halogens is 3. The molecule has 2 aromatic rings. The minimum atomic E-state index is -4.47. The molecule has 33 heavy (non-hydrogen) atoms. The predicted molar refractivity (Wildman–Crippen MR) is 113 cm³/mol. The van der Waals surface area contributed by atoms with E-state index in [1.165, 1.54) is 0 Å². The average molecular weight is 464 g/mol. The molecule has 1 aromatic carbocycles. The number of nitrogens with zero attached hydrogens (tertiary/aromatic N) is 1. The molecule has 1 aromatic heterocycles. The maximum absolute atomic E-state index is 12.6. The molecule has 0 bridgehead atoms. The number of carbonyl (C=O) groups excluding carboxylic acids is 2. The second-order valence-corrected chi connectivity index (χ2v) is 7.28. The first kappa shape index (κ1) is 24.2. The van der Waals surface area contributed by atoms with Gasteiger partial charge in [0.15, 0.2) is 0 Å². The minimum Gasteiger partial charge on any atom is -0.394 e. The van der Waals surface area contributed by atoms with Crippen LogP contribution in [0.1, 0.15) is 17.7 Å². The lowest BCUT2D eigenvalue weighted by Gasteiger charge is -2.31. The van der Waals surface area contributed by atoms with Gasteiger partial charge < -0.3 is 25.8 Å². The molecule has 1 aliphatic rings. The zero-order valence-corrected chi connectivity index (χ0v) is 17.4. The highest BCUT2D eigenvalue weighted by molar-refractivity contribution is 5.89. The van der Waals surface area contributed by atoms with Gasteiger partial charge in [0.2, 0.25) is 5.91 Å². The third kappa shape index (κ3) is 7.29. The number of aliphatic hydroxyl groups excluding tert-OH is 1. The number of anilines is 1. The molecule has 8 nitrogen and oxygen atoms in total. The first-order valence-electron chi connectivity index (χ1n) is 10.1. The Balaban J connectivity index is 1.49.